The van der Waals surface area contributed by atoms with Gasteiger partial charge in [0.15, 0.2) is 5.82 Å². The van der Waals surface area contributed by atoms with Crippen molar-refractivity contribution in [2.75, 3.05) is 0 Å². The molecule has 0 saturated heterocycles. The second kappa shape index (κ2) is 4.90. The molecule has 1 aromatic carbocycles. The number of hydrazone groups is 1. The number of rotatable bonds is 1. The summed E-state index contributed by atoms with van der Waals surface area (Å²) in [6.45, 7) is 0. The van der Waals surface area contributed by atoms with Gasteiger partial charge in [-0.15, -0.1) is 0 Å². The van der Waals surface area contributed by atoms with E-state index in [2.05, 4.69) is 26.0 Å². The molecule has 2 heterocycles. The van der Waals surface area contributed by atoms with E-state index in [4.69, 9.17) is 11.6 Å². The Morgan fingerprint density at radius 1 is 1.32 bits per heavy atom. The average Bonchev–Trinajstić information content (AvgIpc) is 2.40. The van der Waals surface area contributed by atoms with Gasteiger partial charge in [0.25, 0.3) is 0 Å². The predicted octanol–water partition coefficient (Wildman–Crippen LogP) is 3.96. The molecule has 0 aromatic heterocycles. The zero-order chi connectivity index (χ0) is 13.4. The van der Waals surface area contributed by atoms with Gasteiger partial charge in [-0.2, -0.15) is 5.10 Å². The second-order valence-corrected chi connectivity index (χ2v) is 5.33. The fraction of sp³-hybridized carbons (Fsp3) is 0.0769. The minimum Gasteiger partial charge on any atom is -0.228 e. The number of hydrogen-bond acceptors (Lipinski definition) is 3. The summed E-state index contributed by atoms with van der Waals surface area (Å²) in [6.07, 6.45) is 3.98. The van der Waals surface area contributed by atoms with E-state index < -0.39 is 0 Å². The van der Waals surface area contributed by atoms with Crippen molar-refractivity contribution in [3.63, 3.8) is 0 Å². The average molecular weight is 341 g/mol. The van der Waals surface area contributed by atoms with E-state index in [1.54, 1.807) is 30.5 Å². The summed E-state index contributed by atoms with van der Waals surface area (Å²) in [5.41, 5.74) is 0.908. The third-order valence-electron chi connectivity index (χ3n) is 2.75. The summed E-state index contributed by atoms with van der Waals surface area (Å²) >= 11 is 9.60. The maximum absolute atomic E-state index is 13.8. The summed E-state index contributed by atoms with van der Waals surface area (Å²) in [5.74, 6) is 0.264. The normalized spacial score (nSPS) is 18.2. The van der Waals surface area contributed by atoms with Crippen LogP contribution in [0.3, 0.4) is 0 Å². The molecule has 0 N–H and O–H groups in total. The van der Waals surface area contributed by atoms with E-state index in [0.717, 1.165) is 4.48 Å². The van der Waals surface area contributed by atoms with Crippen LogP contribution < -0.4 is 0 Å². The molecule has 2 aliphatic heterocycles. The first-order chi connectivity index (χ1) is 9.16. The Kier molecular flexibility index (Phi) is 3.24. The van der Waals surface area contributed by atoms with Gasteiger partial charge in [-0.1, -0.05) is 39.7 Å². The summed E-state index contributed by atoms with van der Waals surface area (Å²) in [6, 6.07) is 6.47. The highest BCUT2D eigenvalue weighted by Gasteiger charge is 2.24. The molecule has 0 fully saturated rings. The highest BCUT2D eigenvalue weighted by Crippen LogP contribution is 2.32. The number of halogens is 3. The zero-order valence-electron chi connectivity index (χ0n) is 9.65. The van der Waals surface area contributed by atoms with Crippen LogP contribution in [0.2, 0.25) is 0 Å². The van der Waals surface area contributed by atoms with Crippen LogP contribution >= 0.6 is 27.5 Å². The van der Waals surface area contributed by atoms with Gasteiger partial charge in [0.2, 0.25) is 0 Å². The summed E-state index contributed by atoms with van der Waals surface area (Å²) < 4.78 is 14.7. The van der Waals surface area contributed by atoms with Crippen LogP contribution in [0.25, 0.3) is 0 Å². The van der Waals surface area contributed by atoms with Crippen molar-refractivity contribution in [3.8, 4) is 0 Å². The standard InChI is InChI=1S/C13H8BrClFN3/c14-9-5-6-17-19-12(15)7-11(18-13(9)19)8-3-1-2-4-10(8)16/h1-4,6-7H,5H2. The van der Waals surface area contributed by atoms with E-state index in [1.807, 2.05) is 0 Å². The lowest BCUT2D eigenvalue weighted by Gasteiger charge is -2.26. The first kappa shape index (κ1) is 12.6. The minimum absolute atomic E-state index is 0.327. The van der Waals surface area contributed by atoms with Gasteiger partial charge < -0.3 is 0 Å². The molecule has 0 radical (unpaired) electrons. The third-order valence-corrected chi connectivity index (χ3v) is 3.69. The van der Waals surface area contributed by atoms with E-state index in [-0.39, 0.29) is 5.82 Å². The lowest BCUT2D eigenvalue weighted by atomic mass is 10.1. The van der Waals surface area contributed by atoms with Crippen LogP contribution in [0.1, 0.15) is 12.0 Å². The summed E-state index contributed by atoms with van der Waals surface area (Å²) in [5, 5.41) is 6.05. The second-order valence-electron chi connectivity index (χ2n) is 3.99. The molecule has 0 bridgehead atoms. The van der Waals surface area contributed by atoms with Crippen molar-refractivity contribution in [1.29, 1.82) is 0 Å². The van der Waals surface area contributed by atoms with Crippen molar-refractivity contribution in [2.24, 2.45) is 10.1 Å². The Labute approximate surface area is 122 Å². The van der Waals surface area contributed by atoms with E-state index >= 15 is 0 Å². The van der Waals surface area contributed by atoms with Gasteiger partial charge in [-0.3, -0.25) is 0 Å². The van der Waals surface area contributed by atoms with Crippen molar-refractivity contribution in [2.45, 2.75) is 6.42 Å². The van der Waals surface area contributed by atoms with Crippen molar-refractivity contribution in [3.05, 3.63) is 57.2 Å². The predicted molar refractivity (Wildman–Crippen MR) is 77.8 cm³/mol. The quantitative estimate of drug-likeness (QED) is 0.711. The van der Waals surface area contributed by atoms with Crippen LogP contribution in [0.5, 0.6) is 0 Å². The molecule has 0 atom stereocenters. The zero-order valence-corrected chi connectivity index (χ0v) is 12.0. The first-order valence-electron chi connectivity index (χ1n) is 5.59. The lowest BCUT2D eigenvalue weighted by molar-refractivity contribution is 0.466. The Morgan fingerprint density at radius 3 is 2.89 bits per heavy atom. The number of nitrogens with zero attached hydrogens (tertiary/aromatic N) is 3. The molecule has 0 spiro atoms. The molecular formula is C13H8BrClFN3. The molecule has 2 aliphatic rings. The molecule has 1 aromatic rings. The highest BCUT2D eigenvalue weighted by atomic mass is 79.9. The van der Waals surface area contributed by atoms with Gasteiger partial charge in [0.05, 0.1) is 5.71 Å². The van der Waals surface area contributed by atoms with Crippen molar-refractivity contribution < 1.29 is 4.39 Å². The van der Waals surface area contributed by atoms with E-state index in [0.29, 0.717) is 28.7 Å². The fourth-order valence-electron chi connectivity index (χ4n) is 1.86. The number of aliphatic imine (C=N–C) groups is 1. The van der Waals surface area contributed by atoms with Crippen LogP contribution in [-0.2, 0) is 0 Å². The number of allylic oxidation sites excluding steroid dienone is 2. The maximum Gasteiger partial charge on any atom is 0.166 e. The molecular weight excluding hydrogens is 333 g/mol. The van der Waals surface area contributed by atoms with Gasteiger partial charge in [0.1, 0.15) is 11.0 Å². The number of benzene rings is 1. The monoisotopic (exact) mass is 339 g/mol. The highest BCUT2D eigenvalue weighted by molar-refractivity contribution is 9.11. The van der Waals surface area contributed by atoms with Crippen molar-refractivity contribution >= 4 is 39.5 Å². The van der Waals surface area contributed by atoms with Crippen LogP contribution in [-0.4, -0.2) is 16.9 Å². The van der Waals surface area contributed by atoms with E-state index in [9.17, 15) is 4.39 Å². The molecule has 19 heavy (non-hydrogen) atoms. The van der Waals surface area contributed by atoms with Gasteiger partial charge >= 0.3 is 0 Å². The Morgan fingerprint density at radius 2 is 2.11 bits per heavy atom. The van der Waals surface area contributed by atoms with Crippen molar-refractivity contribution in [1.82, 2.24) is 5.01 Å². The third kappa shape index (κ3) is 2.24. The van der Waals surface area contributed by atoms with Crippen LogP contribution in [0.4, 0.5) is 4.39 Å². The molecule has 3 nitrogen and oxygen atoms in total. The summed E-state index contributed by atoms with van der Waals surface area (Å²) in [4.78, 5) is 4.43. The number of hydrogen-bond donors (Lipinski definition) is 0. The van der Waals surface area contributed by atoms with E-state index in [1.165, 1.54) is 11.1 Å². The molecule has 96 valence electrons. The maximum atomic E-state index is 13.8. The molecule has 0 unspecified atom stereocenters. The molecule has 0 aliphatic carbocycles. The molecule has 0 saturated carbocycles. The largest absolute Gasteiger partial charge is 0.228 e. The van der Waals surface area contributed by atoms with Crippen LogP contribution in [0, 0.1) is 5.82 Å². The first-order valence-corrected chi connectivity index (χ1v) is 6.76. The topological polar surface area (TPSA) is 28.0 Å². The van der Waals surface area contributed by atoms with Gasteiger partial charge in [-0.05, 0) is 12.1 Å². The molecule has 6 heteroatoms. The smallest absolute Gasteiger partial charge is 0.166 e. The lowest BCUT2D eigenvalue weighted by Crippen LogP contribution is -2.23. The van der Waals surface area contributed by atoms with Gasteiger partial charge in [0, 0.05) is 28.8 Å². The minimum atomic E-state index is -0.327. The molecule has 0 amide bonds. The Hall–Kier alpha value is -1.46. The Balaban J connectivity index is 2.12. The SMILES string of the molecule is Fc1ccccc1C1=NC2=C(Br)CC=NN2C(Cl)=C1. The Bertz CT molecular complexity index is 664. The summed E-state index contributed by atoms with van der Waals surface area (Å²) in [7, 11) is 0. The fourth-order valence-corrected chi connectivity index (χ4v) is 2.48. The molecule has 3 rings (SSSR count). The van der Waals surface area contributed by atoms with Crippen LogP contribution in [0.15, 0.2) is 55.9 Å². The number of fused-ring (bicyclic) bond motifs is 1. The van der Waals surface area contributed by atoms with Gasteiger partial charge in [-0.25, -0.2) is 14.4 Å².